The standard InChI is InChI=1S/C16H19FN2O2S/c1-12(10-13-6-3-4-9-16(13)17)18-14-7-5-8-15(11-14)19-22(2,20)21/h3-9,11-12,18-19H,10H2,1-2H3. The topological polar surface area (TPSA) is 58.2 Å². The van der Waals surface area contributed by atoms with Crippen molar-refractivity contribution in [2.45, 2.75) is 19.4 Å². The van der Waals surface area contributed by atoms with Gasteiger partial charge in [0.1, 0.15) is 5.82 Å². The molecule has 0 heterocycles. The highest BCUT2D eigenvalue weighted by molar-refractivity contribution is 7.92. The van der Waals surface area contributed by atoms with E-state index in [0.29, 0.717) is 17.7 Å². The Hall–Kier alpha value is -2.08. The second kappa shape index (κ2) is 6.79. The number of benzene rings is 2. The van der Waals surface area contributed by atoms with E-state index in [-0.39, 0.29) is 11.9 Å². The Labute approximate surface area is 130 Å². The van der Waals surface area contributed by atoms with Gasteiger partial charge in [-0.05, 0) is 43.2 Å². The van der Waals surface area contributed by atoms with E-state index in [1.165, 1.54) is 6.07 Å². The highest BCUT2D eigenvalue weighted by Gasteiger charge is 2.08. The number of hydrogen-bond donors (Lipinski definition) is 2. The Morgan fingerprint density at radius 3 is 2.45 bits per heavy atom. The number of nitrogens with one attached hydrogen (secondary N) is 2. The Balaban J connectivity index is 2.04. The van der Waals surface area contributed by atoms with Gasteiger partial charge >= 0.3 is 0 Å². The van der Waals surface area contributed by atoms with Crippen LogP contribution in [0.5, 0.6) is 0 Å². The van der Waals surface area contributed by atoms with Crippen LogP contribution >= 0.6 is 0 Å². The molecule has 0 fully saturated rings. The number of rotatable bonds is 6. The average Bonchev–Trinajstić information content (AvgIpc) is 2.40. The monoisotopic (exact) mass is 322 g/mol. The Kier molecular flexibility index (Phi) is 5.03. The summed E-state index contributed by atoms with van der Waals surface area (Å²) in [5.41, 5.74) is 1.91. The maximum Gasteiger partial charge on any atom is 0.229 e. The molecule has 0 saturated heterocycles. The van der Waals surface area contributed by atoms with Gasteiger partial charge in [-0.2, -0.15) is 0 Å². The maximum absolute atomic E-state index is 13.6. The Bertz CT molecular complexity index is 747. The van der Waals surface area contributed by atoms with E-state index < -0.39 is 10.0 Å². The number of hydrogen-bond acceptors (Lipinski definition) is 3. The largest absolute Gasteiger partial charge is 0.382 e. The molecule has 2 aromatic rings. The molecule has 6 heteroatoms. The smallest absolute Gasteiger partial charge is 0.229 e. The van der Waals surface area contributed by atoms with Gasteiger partial charge in [-0.1, -0.05) is 24.3 Å². The van der Waals surface area contributed by atoms with Gasteiger partial charge in [0.2, 0.25) is 10.0 Å². The first-order chi connectivity index (χ1) is 10.3. The van der Waals surface area contributed by atoms with Gasteiger partial charge in [0, 0.05) is 11.7 Å². The summed E-state index contributed by atoms with van der Waals surface area (Å²) < 4.78 is 38.5. The van der Waals surface area contributed by atoms with Crippen molar-refractivity contribution < 1.29 is 12.8 Å². The van der Waals surface area contributed by atoms with Crippen LogP contribution in [-0.4, -0.2) is 20.7 Å². The first-order valence-corrected chi connectivity index (χ1v) is 8.80. The van der Waals surface area contributed by atoms with Crippen molar-refractivity contribution in [2.24, 2.45) is 0 Å². The average molecular weight is 322 g/mol. The zero-order chi connectivity index (χ0) is 16.2. The van der Waals surface area contributed by atoms with E-state index in [4.69, 9.17) is 0 Å². The maximum atomic E-state index is 13.6. The van der Waals surface area contributed by atoms with Crippen molar-refractivity contribution in [3.8, 4) is 0 Å². The van der Waals surface area contributed by atoms with Crippen LogP contribution in [0.25, 0.3) is 0 Å². The molecule has 0 aliphatic heterocycles. The van der Waals surface area contributed by atoms with Crippen LogP contribution in [-0.2, 0) is 16.4 Å². The SMILES string of the molecule is CC(Cc1ccccc1F)Nc1cccc(NS(C)(=O)=O)c1. The predicted octanol–water partition coefficient (Wildman–Crippen LogP) is 3.24. The Morgan fingerprint density at radius 2 is 1.77 bits per heavy atom. The summed E-state index contributed by atoms with van der Waals surface area (Å²) in [5, 5.41) is 3.24. The fourth-order valence-electron chi connectivity index (χ4n) is 2.22. The van der Waals surface area contributed by atoms with Crippen molar-refractivity contribution in [2.75, 3.05) is 16.3 Å². The molecular weight excluding hydrogens is 303 g/mol. The molecule has 22 heavy (non-hydrogen) atoms. The van der Waals surface area contributed by atoms with Gasteiger partial charge in [-0.25, -0.2) is 12.8 Å². The van der Waals surface area contributed by atoms with E-state index in [1.807, 2.05) is 19.1 Å². The Morgan fingerprint density at radius 1 is 1.09 bits per heavy atom. The molecule has 0 radical (unpaired) electrons. The second-order valence-electron chi connectivity index (χ2n) is 5.30. The van der Waals surface area contributed by atoms with E-state index in [9.17, 15) is 12.8 Å². The quantitative estimate of drug-likeness (QED) is 0.858. The number of anilines is 2. The molecule has 0 aromatic heterocycles. The van der Waals surface area contributed by atoms with Crippen LogP contribution in [0.4, 0.5) is 15.8 Å². The lowest BCUT2D eigenvalue weighted by Gasteiger charge is -2.16. The summed E-state index contributed by atoms with van der Waals surface area (Å²) in [5.74, 6) is -0.219. The van der Waals surface area contributed by atoms with Gasteiger partial charge in [-0.3, -0.25) is 4.72 Å². The molecule has 1 unspecified atom stereocenters. The van der Waals surface area contributed by atoms with Gasteiger partial charge in [0.05, 0.1) is 11.9 Å². The van der Waals surface area contributed by atoms with Gasteiger partial charge in [0.15, 0.2) is 0 Å². The molecule has 2 N–H and O–H groups in total. The molecule has 0 aliphatic carbocycles. The fourth-order valence-corrected chi connectivity index (χ4v) is 2.77. The second-order valence-corrected chi connectivity index (χ2v) is 7.04. The third-order valence-electron chi connectivity index (χ3n) is 3.06. The lowest BCUT2D eigenvalue weighted by molar-refractivity contribution is 0.601. The van der Waals surface area contributed by atoms with Crippen molar-refractivity contribution in [3.05, 3.63) is 59.9 Å². The third-order valence-corrected chi connectivity index (χ3v) is 3.67. The zero-order valence-electron chi connectivity index (χ0n) is 12.5. The van der Waals surface area contributed by atoms with E-state index >= 15 is 0 Å². The van der Waals surface area contributed by atoms with Crippen LogP contribution in [0.2, 0.25) is 0 Å². The van der Waals surface area contributed by atoms with E-state index in [2.05, 4.69) is 10.0 Å². The summed E-state index contributed by atoms with van der Waals surface area (Å²) in [4.78, 5) is 0. The van der Waals surface area contributed by atoms with Gasteiger partial charge in [-0.15, -0.1) is 0 Å². The molecule has 1 atom stereocenters. The number of halogens is 1. The highest BCUT2D eigenvalue weighted by atomic mass is 32.2. The summed E-state index contributed by atoms with van der Waals surface area (Å²) in [7, 11) is -3.30. The molecule has 2 aromatic carbocycles. The molecule has 0 aliphatic rings. The first kappa shape index (κ1) is 16.3. The molecule has 0 saturated carbocycles. The zero-order valence-corrected chi connectivity index (χ0v) is 13.3. The minimum atomic E-state index is -3.30. The van der Waals surface area contributed by atoms with Crippen molar-refractivity contribution in [1.29, 1.82) is 0 Å². The van der Waals surface area contributed by atoms with Crippen LogP contribution in [0, 0.1) is 5.82 Å². The highest BCUT2D eigenvalue weighted by Crippen LogP contribution is 2.18. The van der Waals surface area contributed by atoms with Crippen LogP contribution in [0.15, 0.2) is 48.5 Å². The van der Waals surface area contributed by atoms with Crippen LogP contribution in [0.1, 0.15) is 12.5 Å². The van der Waals surface area contributed by atoms with Gasteiger partial charge < -0.3 is 5.32 Å². The molecule has 0 spiro atoms. The van der Waals surface area contributed by atoms with E-state index in [1.54, 1.807) is 30.3 Å². The minimum absolute atomic E-state index is 0.00498. The van der Waals surface area contributed by atoms with Crippen molar-refractivity contribution in [3.63, 3.8) is 0 Å². The molecular formula is C16H19FN2O2S. The van der Waals surface area contributed by atoms with Crippen molar-refractivity contribution >= 4 is 21.4 Å². The minimum Gasteiger partial charge on any atom is -0.382 e. The molecule has 4 nitrogen and oxygen atoms in total. The van der Waals surface area contributed by atoms with Gasteiger partial charge in [0.25, 0.3) is 0 Å². The molecule has 118 valence electrons. The predicted molar refractivity (Wildman–Crippen MR) is 88.1 cm³/mol. The summed E-state index contributed by atoms with van der Waals surface area (Å²) in [6, 6.07) is 13.7. The summed E-state index contributed by atoms with van der Waals surface area (Å²) in [6.07, 6.45) is 1.64. The summed E-state index contributed by atoms with van der Waals surface area (Å²) in [6.45, 7) is 1.95. The first-order valence-electron chi connectivity index (χ1n) is 6.91. The molecule has 2 rings (SSSR count). The van der Waals surface area contributed by atoms with Crippen molar-refractivity contribution in [1.82, 2.24) is 0 Å². The fraction of sp³-hybridized carbons (Fsp3) is 0.250. The van der Waals surface area contributed by atoms with E-state index in [0.717, 1.165) is 11.9 Å². The van der Waals surface area contributed by atoms with Crippen LogP contribution < -0.4 is 10.0 Å². The lowest BCUT2D eigenvalue weighted by Crippen LogP contribution is -2.19. The lowest BCUT2D eigenvalue weighted by atomic mass is 10.1. The third kappa shape index (κ3) is 5.04. The molecule has 0 bridgehead atoms. The summed E-state index contributed by atoms with van der Waals surface area (Å²) >= 11 is 0. The normalized spacial score (nSPS) is 12.7. The van der Waals surface area contributed by atoms with Crippen LogP contribution in [0.3, 0.4) is 0 Å². The molecule has 0 amide bonds. The number of sulfonamides is 1.